The van der Waals surface area contributed by atoms with Gasteiger partial charge in [-0.15, -0.1) is 0 Å². The predicted molar refractivity (Wildman–Crippen MR) is 75.9 cm³/mol. The first-order chi connectivity index (χ1) is 9.75. The van der Waals surface area contributed by atoms with Crippen molar-refractivity contribution < 1.29 is 4.52 Å². The smallest absolute Gasteiger partial charge is 0.185 e. The van der Waals surface area contributed by atoms with Gasteiger partial charge in [-0.3, -0.25) is 0 Å². The first kappa shape index (κ1) is 12.2. The second-order valence-corrected chi connectivity index (χ2v) is 4.44. The van der Waals surface area contributed by atoms with Gasteiger partial charge in [-0.25, -0.2) is 4.98 Å². The van der Waals surface area contributed by atoms with E-state index in [0.29, 0.717) is 11.6 Å². The van der Waals surface area contributed by atoms with E-state index in [0.717, 1.165) is 16.8 Å². The van der Waals surface area contributed by atoms with Gasteiger partial charge in [0.25, 0.3) is 0 Å². The number of hydrogen-bond donors (Lipinski definition) is 0. The van der Waals surface area contributed by atoms with Crippen LogP contribution in [0.4, 0.5) is 0 Å². The molecule has 4 heteroatoms. The molecule has 0 aliphatic rings. The first-order valence-corrected chi connectivity index (χ1v) is 6.27. The van der Waals surface area contributed by atoms with Crippen molar-refractivity contribution in [3.8, 4) is 23.1 Å². The molecule has 20 heavy (non-hydrogen) atoms. The van der Waals surface area contributed by atoms with Crippen molar-refractivity contribution >= 4 is 0 Å². The lowest BCUT2D eigenvalue weighted by Gasteiger charge is -1.95. The van der Waals surface area contributed by atoms with Crippen molar-refractivity contribution in [3.63, 3.8) is 0 Å². The van der Waals surface area contributed by atoms with Crippen molar-refractivity contribution in [2.24, 2.45) is 7.05 Å². The van der Waals surface area contributed by atoms with Gasteiger partial charge >= 0.3 is 0 Å². The van der Waals surface area contributed by atoms with Crippen molar-refractivity contribution in [2.45, 2.75) is 6.92 Å². The summed E-state index contributed by atoms with van der Waals surface area (Å²) >= 11 is 0. The SMILES string of the molecule is Cc1onc(-c2ccccc2)c1C#Cc1nccn1C. The molecule has 0 atom stereocenters. The Morgan fingerprint density at radius 2 is 1.95 bits per heavy atom. The lowest BCUT2D eigenvalue weighted by atomic mass is 10.1. The van der Waals surface area contributed by atoms with Crippen molar-refractivity contribution in [1.82, 2.24) is 14.7 Å². The average molecular weight is 263 g/mol. The number of nitrogens with zero attached hydrogens (tertiary/aromatic N) is 3. The topological polar surface area (TPSA) is 43.9 Å². The third-order valence-electron chi connectivity index (χ3n) is 3.03. The summed E-state index contributed by atoms with van der Waals surface area (Å²) in [6.45, 7) is 1.86. The van der Waals surface area contributed by atoms with Crippen LogP contribution in [0.2, 0.25) is 0 Å². The minimum Gasteiger partial charge on any atom is -0.360 e. The summed E-state index contributed by atoms with van der Waals surface area (Å²) in [6.07, 6.45) is 3.59. The molecule has 1 aromatic carbocycles. The maximum atomic E-state index is 5.27. The van der Waals surface area contributed by atoms with Crippen molar-refractivity contribution in [2.75, 3.05) is 0 Å². The Bertz CT molecular complexity index is 788. The van der Waals surface area contributed by atoms with Gasteiger partial charge in [-0.05, 0) is 12.8 Å². The predicted octanol–water partition coefficient (Wildman–Crippen LogP) is 2.78. The Kier molecular flexibility index (Phi) is 3.10. The molecule has 0 bridgehead atoms. The van der Waals surface area contributed by atoms with Crippen LogP contribution in [-0.2, 0) is 7.05 Å². The highest BCUT2D eigenvalue weighted by Crippen LogP contribution is 2.24. The second kappa shape index (κ2) is 5.06. The summed E-state index contributed by atoms with van der Waals surface area (Å²) in [7, 11) is 1.91. The normalized spacial score (nSPS) is 10.1. The second-order valence-electron chi connectivity index (χ2n) is 4.44. The molecular weight excluding hydrogens is 250 g/mol. The molecule has 0 unspecified atom stereocenters. The highest BCUT2D eigenvalue weighted by molar-refractivity contribution is 5.68. The molecule has 0 aliphatic carbocycles. The molecular formula is C16H13N3O. The van der Waals surface area contributed by atoms with Crippen LogP contribution in [-0.4, -0.2) is 14.7 Å². The van der Waals surface area contributed by atoms with Crippen molar-refractivity contribution in [1.29, 1.82) is 0 Å². The molecule has 2 aromatic heterocycles. The van der Waals surface area contributed by atoms with Crippen molar-refractivity contribution in [3.05, 3.63) is 59.9 Å². The first-order valence-electron chi connectivity index (χ1n) is 6.27. The van der Waals surface area contributed by atoms with Crippen LogP contribution in [0, 0.1) is 18.8 Å². The summed E-state index contributed by atoms with van der Waals surface area (Å²) in [5, 5.41) is 4.10. The molecule has 4 nitrogen and oxygen atoms in total. The molecule has 3 aromatic rings. The van der Waals surface area contributed by atoms with E-state index in [1.165, 1.54) is 0 Å². The molecule has 0 N–H and O–H groups in total. The number of rotatable bonds is 1. The van der Waals surface area contributed by atoms with Gasteiger partial charge in [-0.2, -0.15) is 0 Å². The van der Waals surface area contributed by atoms with Crippen LogP contribution in [0.25, 0.3) is 11.3 Å². The number of aryl methyl sites for hydroxylation is 2. The van der Waals surface area contributed by atoms with Crippen LogP contribution < -0.4 is 0 Å². The van der Waals surface area contributed by atoms with E-state index in [2.05, 4.69) is 22.0 Å². The monoisotopic (exact) mass is 263 g/mol. The zero-order chi connectivity index (χ0) is 13.9. The maximum absolute atomic E-state index is 5.27. The fourth-order valence-electron chi connectivity index (χ4n) is 1.92. The maximum Gasteiger partial charge on any atom is 0.185 e. The molecule has 0 saturated heterocycles. The van der Waals surface area contributed by atoms with Crippen LogP contribution in [0.1, 0.15) is 17.1 Å². The Morgan fingerprint density at radius 1 is 1.15 bits per heavy atom. The molecule has 98 valence electrons. The van der Waals surface area contributed by atoms with Crippen LogP contribution >= 0.6 is 0 Å². The highest BCUT2D eigenvalue weighted by atomic mass is 16.5. The van der Waals surface area contributed by atoms with Gasteiger partial charge in [0.05, 0.1) is 5.56 Å². The summed E-state index contributed by atoms with van der Waals surface area (Å²) in [5.74, 6) is 7.59. The Hall–Kier alpha value is -2.80. The molecule has 0 amide bonds. The summed E-state index contributed by atoms with van der Waals surface area (Å²) in [5.41, 5.74) is 2.57. The van der Waals surface area contributed by atoms with E-state index in [1.807, 2.05) is 55.1 Å². The molecule has 2 heterocycles. The fraction of sp³-hybridized carbons (Fsp3) is 0.125. The molecule has 0 spiro atoms. The zero-order valence-corrected chi connectivity index (χ0v) is 11.3. The Morgan fingerprint density at radius 3 is 2.65 bits per heavy atom. The lowest BCUT2D eigenvalue weighted by Crippen LogP contribution is -1.91. The molecule has 0 aliphatic heterocycles. The minimum absolute atomic E-state index is 0.713. The van der Waals surface area contributed by atoms with Gasteiger partial charge in [0.1, 0.15) is 11.5 Å². The van der Waals surface area contributed by atoms with E-state index in [9.17, 15) is 0 Å². The Labute approximate surface area is 117 Å². The summed E-state index contributed by atoms with van der Waals surface area (Å²) in [4.78, 5) is 4.19. The highest BCUT2D eigenvalue weighted by Gasteiger charge is 2.12. The van der Waals surface area contributed by atoms with Crippen LogP contribution in [0.5, 0.6) is 0 Å². The van der Waals surface area contributed by atoms with Gasteiger partial charge in [0.2, 0.25) is 0 Å². The van der Waals surface area contributed by atoms with Gasteiger partial charge in [0, 0.05) is 25.0 Å². The zero-order valence-electron chi connectivity index (χ0n) is 11.3. The summed E-state index contributed by atoms with van der Waals surface area (Å²) < 4.78 is 7.14. The van der Waals surface area contributed by atoms with Gasteiger partial charge < -0.3 is 9.09 Å². The fourth-order valence-corrected chi connectivity index (χ4v) is 1.92. The largest absolute Gasteiger partial charge is 0.360 e. The quantitative estimate of drug-likeness (QED) is 0.634. The number of imidazole rings is 1. The third kappa shape index (κ3) is 2.21. The number of aromatic nitrogens is 3. The Balaban J connectivity index is 2.05. The number of hydrogen-bond acceptors (Lipinski definition) is 3. The van der Waals surface area contributed by atoms with E-state index in [-0.39, 0.29) is 0 Å². The van der Waals surface area contributed by atoms with Crippen LogP contribution in [0.15, 0.2) is 47.2 Å². The minimum atomic E-state index is 0.713. The molecule has 0 radical (unpaired) electrons. The standard InChI is InChI=1S/C16H13N3O/c1-12-14(8-9-15-17-10-11-19(15)2)16(18-20-12)13-6-4-3-5-7-13/h3-7,10-11H,1-2H3. The molecule has 3 rings (SSSR count). The van der Waals surface area contributed by atoms with Gasteiger partial charge in [0.15, 0.2) is 5.82 Å². The van der Waals surface area contributed by atoms with Crippen LogP contribution in [0.3, 0.4) is 0 Å². The average Bonchev–Trinajstić information content (AvgIpc) is 3.04. The molecule has 0 fully saturated rings. The van der Waals surface area contributed by atoms with E-state index in [1.54, 1.807) is 6.20 Å². The van der Waals surface area contributed by atoms with E-state index >= 15 is 0 Å². The van der Waals surface area contributed by atoms with E-state index < -0.39 is 0 Å². The summed E-state index contributed by atoms with van der Waals surface area (Å²) in [6, 6.07) is 9.88. The lowest BCUT2D eigenvalue weighted by molar-refractivity contribution is 0.399. The number of benzene rings is 1. The third-order valence-corrected chi connectivity index (χ3v) is 3.03. The molecule has 0 saturated carbocycles. The van der Waals surface area contributed by atoms with E-state index in [4.69, 9.17) is 4.52 Å². The van der Waals surface area contributed by atoms with Gasteiger partial charge in [-0.1, -0.05) is 41.4 Å².